The second-order valence-electron chi connectivity index (χ2n) is 9.50. The van der Waals surface area contributed by atoms with Crippen LogP contribution in [-0.4, -0.2) is 40.4 Å². The standard InChI is InChI=1S/C30H33N3O/c1-31(21-24-10-4-2-5-11-24)30(34)26-16-18-32(19-17-26)23-28-20-27-14-8-9-15-29(27)33(28)22-25-12-6-3-7-13-25/h2-15,20,26H,16-19,21-23H2,1H3. The van der Waals surface area contributed by atoms with Crippen LogP contribution in [0, 0.1) is 5.92 Å². The van der Waals surface area contributed by atoms with Crippen LogP contribution in [0.2, 0.25) is 0 Å². The van der Waals surface area contributed by atoms with Gasteiger partial charge in [-0.3, -0.25) is 9.69 Å². The van der Waals surface area contributed by atoms with E-state index in [1.807, 2.05) is 30.1 Å². The Morgan fingerprint density at radius 3 is 2.15 bits per heavy atom. The van der Waals surface area contributed by atoms with Crippen LogP contribution in [0.15, 0.2) is 91.0 Å². The normalized spacial score (nSPS) is 15.0. The van der Waals surface area contributed by atoms with Gasteiger partial charge in [-0.15, -0.1) is 0 Å². The lowest BCUT2D eigenvalue weighted by Gasteiger charge is -2.33. The van der Waals surface area contributed by atoms with E-state index in [1.54, 1.807) is 0 Å². The number of para-hydroxylation sites is 1. The Balaban J connectivity index is 1.24. The van der Waals surface area contributed by atoms with Crippen molar-refractivity contribution in [3.8, 4) is 0 Å². The summed E-state index contributed by atoms with van der Waals surface area (Å²) in [6.07, 6.45) is 1.85. The first-order valence-corrected chi connectivity index (χ1v) is 12.3. The largest absolute Gasteiger partial charge is 0.341 e. The topological polar surface area (TPSA) is 28.5 Å². The summed E-state index contributed by atoms with van der Waals surface area (Å²) < 4.78 is 2.45. The first-order valence-electron chi connectivity index (χ1n) is 12.3. The van der Waals surface area contributed by atoms with Crippen LogP contribution in [0.25, 0.3) is 10.9 Å². The number of fused-ring (bicyclic) bond motifs is 1. The fraction of sp³-hybridized carbons (Fsp3) is 0.300. The summed E-state index contributed by atoms with van der Waals surface area (Å²) in [5.41, 5.74) is 5.13. The van der Waals surface area contributed by atoms with Crippen LogP contribution in [0.5, 0.6) is 0 Å². The monoisotopic (exact) mass is 451 g/mol. The molecule has 4 heteroatoms. The van der Waals surface area contributed by atoms with Gasteiger partial charge in [-0.2, -0.15) is 0 Å². The summed E-state index contributed by atoms with van der Waals surface area (Å²) in [4.78, 5) is 17.5. The number of likely N-dealkylation sites (tertiary alicyclic amines) is 1. The number of nitrogens with zero attached hydrogens (tertiary/aromatic N) is 3. The van der Waals surface area contributed by atoms with E-state index in [9.17, 15) is 4.79 Å². The first-order chi connectivity index (χ1) is 16.7. The van der Waals surface area contributed by atoms with Crippen LogP contribution >= 0.6 is 0 Å². The summed E-state index contributed by atoms with van der Waals surface area (Å²) in [6, 6.07) is 31.9. The number of benzene rings is 3. The Labute approximate surface area is 202 Å². The van der Waals surface area contributed by atoms with Crippen molar-refractivity contribution in [1.82, 2.24) is 14.4 Å². The second-order valence-corrected chi connectivity index (χ2v) is 9.50. The molecular weight excluding hydrogens is 418 g/mol. The highest BCUT2D eigenvalue weighted by Gasteiger charge is 2.27. The van der Waals surface area contributed by atoms with E-state index < -0.39 is 0 Å². The predicted molar refractivity (Wildman–Crippen MR) is 138 cm³/mol. The first kappa shape index (κ1) is 22.4. The molecule has 1 amide bonds. The number of rotatable bonds is 7. The van der Waals surface area contributed by atoms with Gasteiger partial charge in [0.15, 0.2) is 0 Å². The van der Waals surface area contributed by atoms with Crippen LogP contribution in [0.4, 0.5) is 0 Å². The number of carbonyl (C=O) groups is 1. The van der Waals surface area contributed by atoms with E-state index in [-0.39, 0.29) is 11.8 Å². The molecule has 174 valence electrons. The molecule has 0 spiro atoms. The van der Waals surface area contributed by atoms with E-state index in [1.165, 1.54) is 27.7 Å². The molecule has 1 aliphatic rings. The summed E-state index contributed by atoms with van der Waals surface area (Å²) in [5, 5.41) is 1.29. The highest BCUT2D eigenvalue weighted by molar-refractivity contribution is 5.81. The number of carbonyl (C=O) groups excluding carboxylic acids is 1. The minimum atomic E-state index is 0.125. The molecule has 0 atom stereocenters. The van der Waals surface area contributed by atoms with Gasteiger partial charge in [-0.1, -0.05) is 78.9 Å². The fourth-order valence-corrected chi connectivity index (χ4v) is 5.17. The molecular formula is C30H33N3O. The van der Waals surface area contributed by atoms with Crippen molar-refractivity contribution in [2.75, 3.05) is 20.1 Å². The maximum atomic E-state index is 13.0. The van der Waals surface area contributed by atoms with Crippen molar-refractivity contribution in [3.63, 3.8) is 0 Å². The van der Waals surface area contributed by atoms with Crippen LogP contribution in [0.1, 0.15) is 29.7 Å². The van der Waals surface area contributed by atoms with E-state index in [2.05, 4.69) is 82.3 Å². The quantitative estimate of drug-likeness (QED) is 0.368. The van der Waals surface area contributed by atoms with Gasteiger partial charge >= 0.3 is 0 Å². The Kier molecular flexibility index (Phi) is 6.77. The number of piperidine rings is 1. The summed E-state index contributed by atoms with van der Waals surface area (Å²) in [5.74, 6) is 0.404. The van der Waals surface area contributed by atoms with Crippen LogP contribution < -0.4 is 0 Å². The van der Waals surface area contributed by atoms with E-state index >= 15 is 0 Å². The third-order valence-electron chi connectivity index (χ3n) is 7.04. The Bertz CT molecular complexity index is 1220. The van der Waals surface area contributed by atoms with E-state index in [0.29, 0.717) is 6.54 Å². The fourth-order valence-electron chi connectivity index (χ4n) is 5.17. The maximum absolute atomic E-state index is 13.0. The predicted octanol–water partition coefficient (Wildman–Crippen LogP) is 5.56. The maximum Gasteiger partial charge on any atom is 0.225 e. The van der Waals surface area contributed by atoms with Gasteiger partial charge in [-0.05, 0) is 54.6 Å². The van der Waals surface area contributed by atoms with Gasteiger partial charge in [0.05, 0.1) is 0 Å². The number of hydrogen-bond acceptors (Lipinski definition) is 2. The van der Waals surface area contributed by atoms with E-state index in [0.717, 1.165) is 39.0 Å². The summed E-state index contributed by atoms with van der Waals surface area (Å²) in [6.45, 7) is 4.40. The average molecular weight is 452 g/mol. The Morgan fingerprint density at radius 2 is 1.44 bits per heavy atom. The number of aromatic nitrogens is 1. The Morgan fingerprint density at radius 1 is 0.824 bits per heavy atom. The highest BCUT2D eigenvalue weighted by atomic mass is 16.2. The van der Waals surface area contributed by atoms with Gasteiger partial charge in [-0.25, -0.2) is 0 Å². The third-order valence-corrected chi connectivity index (χ3v) is 7.04. The SMILES string of the molecule is CN(Cc1ccccc1)C(=O)C1CCN(Cc2cc3ccccc3n2Cc2ccccc2)CC1. The molecule has 0 N–H and O–H groups in total. The van der Waals surface area contributed by atoms with E-state index in [4.69, 9.17) is 0 Å². The zero-order valence-electron chi connectivity index (χ0n) is 19.9. The smallest absolute Gasteiger partial charge is 0.225 e. The lowest BCUT2D eigenvalue weighted by Crippen LogP contribution is -2.41. The van der Waals surface area contributed by atoms with Gasteiger partial charge in [0.1, 0.15) is 0 Å². The summed E-state index contributed by atoms with van der Waals surface area (Å²) >= 11 is 0. The van der Waals surface area contributed by atoms with Crippen molar-refractivity contribution < 1.29 is 4.79 Å². The molecule has 5 rings (SSSR count). The lowest BCUT2D eigenvalue weighted by atomic mass is 9.95. The van der Waals surface area contributed by atoms with Crippen molar-refractivity contribution in [3.05, 3.63) is 108 Å². The molecule has 0 unspecified atom stereocenters. The lowest BCUT2D eigenvalue weighted by molar-refractivity contribution is -0.136. The van der Waals surface area contributed by atoms with Crippen molar-refractivity contribution in [2.45, 2.75) is 32.5 Å². The molecule has 1 aromatic heterocycles. The van der Waals surface area contributed by atoms with Gasteiger partial charge < -0.3 is 9.47 Å². The molecule has 0 saturated carbocycles. The molecule has 34 heavy (non-hydrogen) atoms. The van der Waals surface area contributed by atoms with Crippen LogP contribution in [-0.2, 0) is 24.4 Å². The number of amides is 1. The molecule has 3 aromatic carbocycles. The van der Waals surface area contributed by atoms with Gasteiger partial charge in [0.25, 0.3) is 0 Å². The zero-order chi connectivity index (χ0) is 23.3. The van der Waals surface area contributed by atoms with Crippen LogP contribution in [0.3, 0.4) is 0 Å². The molecule has 0 aliphatic carbocycles. The third kappa shape index (κ3) is 5.07. The molecule has 4 aromatic rings. The molecule has 1 saturated heterocycles. The number of hydrogen-bond donors (Lipinski definition) is 0. The zero-order valence-corrected chi connectivity index (χ0v) is 19.9. The summed E-state index contributed by atoms with van der Waals surface area (Å²) in [7, 11) is 1.93. The van der Waals surface area contributed by atoms with Gasteiger partial charge in [0.2, 0.25) is 5.91 Å². The molecule has 0 bridgehead atoms. The average Bonchev–Trinajstić information content (AvgIpc) is 3.22. The molecule has 1 fully saturated rings. The molecule has 0 radical (unpaired) electrons. The molecule has 1 aliphatic heterocycles. The molecule has 2 heterocycles. The van der Waals surface area contributed by atoms with Crippen molar-refractivity contribution >= 4 is 16.8 Å². The minimum absolute atomic E-state index is 0.125. The Hall–Kier alpha value is -3.37. The molecule has 4 nitrogen and oxygen atoms in total. The van der Waals surface area contributed by atoms with Crippen molar-refractivity contribution in [1.29, 1.82) is 0 Å². The minimum Gasteiger partial charge on any atom is -0.341 e. The highest BCUT2D eigenvalue weighted by Crippen LogP contribution is 2.26. The van der Waals surface area contributed by atoms with Crippen molar-refractivity contribution in [2.24, 2.45) is 5.92 Å². The second kappa shape index (κ2) is 10.3. The van der Waals surface area contributed by atoms with Gasteiger partial charge in [0, 0.05) is 43.8 Å².